The van der Waals surface area contributed by atoms with Crippen LogP contribution in [0.15, 0.2) is 42.5 Å². The van der Waals surface area contributed by atoms with Crippen molar-refractivity contribution in [3.63, 3.8) is 0 Å². The summed E-state index contributed by atoms with van der Waals surface area (Å²) in [6.07, 6.45) is 4.22. The number of nitrogens with two attached hydrogens (primary N) is 1. The zero-order chi connectivity index (χ0) is 14.7. The van der Waals surface area contributed by atoms with Crippen molar-refractivity contribution in [3.8, 4) is 11.3 Å². The molecule has 1 aromatic heterocycles. The normalized spacial score (nSPS) is 16.8. The lowest BCUT2D eigenvalue weighted by atomic mass is 9.97. The molecule has 1 aliphatic rings. The molecule has 2 aromatic rings. The molecule has 0 spiro atoms. The summed E-state index contributed by atoms with van der Waals surface area (Å²) in [5.74, 6) is -0.0652. The summed E-state index contributed by atoms with van der Waals surface area (Å²) < 4.78 is 0. The molecular weight excluding hydrogens is 262 g/mol. The van der Waals surface area contributed by atoms with Gasteiger partial charge in [0.2, 0.25) is 0 Å². The second-order valence-electron chi connectivity index (χ2n) is 5.80. The highest BCUT2D eigenvalue weighted by Crippen LogP contribution is 2.29. The quantitative estimate of drug-likeness (QED) is 0.807. The highest BCUT2D eigenvalue weighted by atomic mass is 16.2. The van der Waals surface area contributed by atoms with Gasteiger partial charge in [0.25, 0.3) is 5.91 Å². The van der Waals surface area contributed by atoms with Crippen molar-refractivity contribution < 1.29 is 4.79 Å². The molecule has 4 N–H and O–H groups in total. The molecule has 0 bridgehead atoms. The summed E-state index contributed by atoms with van der Waals surface area (Å²) in [6.45, 7) is 0.505. The molecule has 0 unspecified atom stereocenters. The van der Waals surface area contributed by atoms with Crippen molar-refractivity contribution in [2.75, 3.05) is 6.54 Å². The van der Waals surface area contributed by atoms with Gasteiger partial charge in [0.1, 0.15) is 5.69 Å². The average molecular weight is 283 g/mol. The lowest BCUT2D eigenvalue weighted by Gasteiger charge is -2.28. The number of hydrogen-bond acceptors (Lipinski definition) is 2. The van der Waals surface area contributed by atoms with Crippen LogP contribution in [-0.2, 0) is 0 Å². The van der Waals surface area contributed by atoms with Crippen molar-refractivity contribution in [1.29, 1.82) is 0 Å². The van der Waals surface area contributed by atoms with Crippen LogP contribution in [0.25, 0.3) is 11.3 Å². The maximum absolute atomic E-state index is 12.4. The largest absolute Gasteiger partial charge is 0.351 e. The minimum Gasteiger partial charge on any atom is -0.351 e. The molecule has 4 heteroatoms. The van der Waals surface area contributed by atoms with Crippen molar-refractivity contribution in [2.45, 2.75) is 31.2 Å². The molecule has 1 saturated carbocycles. The van der Waals surface area contributed by atoms with Gasteiger partial charge in [-0.2, -0.15) is 0 Å². The number of carbonyl (C=O) groups excluding carboxylic acids is 1. The Morgan fingerprint density at radius 1 is 1.14 bits per heavy atom. The SMILES string of the molecule is NCC1(NC(=O)c2ccc(-c3ccccc3)[nH]2)CCCC1. The molecular formula is C17H21N3O. The highest BCUT2D eigenvalue weighted by Gasteiger charge is 2.34. The molecule has 1 heterocycles. The fraction of sp³-hybridized carbons (Fsp3) is 0.353. The van der Waals surface area contributed by atoms with Crippen LogP contribution in [0.4, 0.5) is 0 Å². The average Bonchev–Trinajstić information content (AvgIpc) is 3.18. The lowest BCUT2D eigenvalue weighted by Crippen LogP contribution is -2.51. The third-order valence-electron chi connectivity index (χ3n) is 4.35. The first-order chi connectivity index (χ1) is 10.2. The number of benzene rings is 1. The highest BCUT2D eigenvalue weighted by molar-refractivity contribution is 5.94. The van der Waals surface area contributed by atoms with E-state index in [1.54, 1.807) is 0 Å². The molecule has 0 aliphatic heterocycles. The van der Waals surface area contributed by atoms with E-state index < -0.39 is 0 Å². The molecule has 1 aromatic carbocycles. The monoisotopic (exact) mass is 283 g/mol. The number of rotatable bonds is 4. The maximum atomic E-state index is 12.4. The minimum atomic E-state index is -0.213. The predicted molar refractivity (Wildman–Crippen MR) is 83.9 cm³/mol. The first-order valence-electron chi connectivity index (χ1n) is 7.49. The summed E-state index contributed by atoms with van der Waals surface area (Å²) in [6, 6.07) is 13.8. The van der Waals surface area contributed by atoms with Crippen LogP contribution in [0, 0.1) is 0 Å². The second-order valence-corrected chi connectivity index (χ2v) is 5.80. The molecule has 110 valence electrons. The van der Waals surface area contributed by atoms with Gasteiger partial charge in [-0.15, -0.1) is 0 Å². The van der Waals surface area contributed by atoms with E-state index in [2.05, 4.69) is 10.3 Å². The number of aromatic nitrogens is 1. The van der Waals surface area contributed by atoms with Crippen molar-refractivity contribution in [3.05, 3.63) is 48.2 Å². The van der Waals surface area contributed by atoms with Gasteiger partial charge in [-0.05, 0) is 30.5 Å². The Balaban J connectivity index is 1.75. The Bertz CT molecular complexity index is 612. The number of amides is 1. The summed E-state index contributed by atoms with van der Waals surface area (Å²) in [7, 11) is 0. The zero-order valence-electron chi connectivity index (χ0n) is 12.1. The molecule has 0 radical (unpaired) electrons. The van der Waals surface area contributed by atoms with Crippen molar-refractivity contribution >= 4 is 5.91 Å². The fourth-order valence-electron chi connectivity index (χ4n) is 3.05. The van der Waals surface area contributed by atoms with E-state index in [0.29, 0.717) is 12.2 Å². The maximum Gasteiger partial charge on any atom is 0.268 e. The Hall–Kier alpha value is -2.07. The number of carbonyl (C=O) groups is 1. The van der Waals surface area contributed by atoms with Gasteiger partial charge in [0, 0.05) is 12.2 Å². The van der Waals surface area contributed by atoms with Crippen LogP contribution in [0.2, 0.25) is 0 Å². The Morgan fingerprint density at radius 2 is 1.86 bits per heavy atom. The van der Waals surface area contributed by atoms with Crippen LogP contribution in [0.1, 0.15) is 36.2 Å². The summed E-state index contributed by atoms with van der Waals surface area (Å²) in [5, 5.41) is 3.13. The van der Waals surface area contributed by atoms with Gasteiger partial charge in [-0.3, -0.25) is 4.79 Å². The van der Waals surface area contributed by atoms with Gasteiger partial charge in [0.05, 0.1) is 5.54 Å². The molecule has 0 atom stereocenters. The summed E-state index contributed by atoms with van der Waals surface area (Å²) in [4.78, 5) is 15.6. The fourth-order valence-corrected chi connectivity index (χ4v) is 3.05. The molecule has 4 nitrogen and oxygen atoms in total. The Morgan fingerprint density at radius 3 is 2.52 bits per heavy atom. The van der Waals surface area contributed by atoms with Crippen LogP contribution in [0.3, 0.4) is 0 Å². The van der Waals surface area contributed by atoms with E-state index in [-0.39, 0.29) is 11.4 Å². The molecule has 0 saturated heterocycles. The van der Waals surface area contributed by atoms with Gasteiger partial charge in [-0.25, -0.2) is 0 Å². The topological polar surface area (TPSA) is 70.9 Å². The third kappa shape index (κ3) is 2.85. The Kier molecular flexibility index (Phi) is 3.80. The summed E-state index contributed by atoms with van der Waals surface area (Å²) in [5.41, 5.74) is 8.27. The molecule has 3 rings (SSSR count). The van der Waals surface area contributed by atoms with E-state index in [4.69, 9.17) is 5.73 Å². The third-order valence-corrected chi connectivity index (χ3v) is 4.35. The van der Waals surface area contributed by atoms with Gasteiger partial charge in [0.15, 0.2) is 0 Å². The van der Waals surface area contributed by atoms with E-state index >= 15 is 0 Å². The van der Waals surface area contributed by atoms with Crippen LogP contribution in [-0.4, -0.2) is 23.0 Å². The van der Waals surface area contributed by atoms with Gasteiger partial charge >= 0.3 is 0 Å². The van der Waals surface area contributed by atoms with Crippen LogP contribution >= 0.6 is 0 Å². The Labute approximate surface area is 124 Å². The van der Waals surface area contributed by atoms with E-state index in [0.717, 1.165) is 36.9 Å². The minimum absolute atomic E-state index is 0.0652. The van der Waals surface area contributed by atoms with E-state index in [9.17, 15) is 4.79 Å². The number of aromatic amines is 1. The smallest absolute Gasteiger partial charge is 0.268 e. The molecule has 1 aliphatic carbocycles. The van der Waals surface area contributed by atoms with E-state index in [1.165, 1.54) is 0 Å². The van der Waals surface area contributed by atoms with Crippen molar-refractivity contribution in [1.82, 2.24) is 10.3 Å². The first-order valence-corrected chi connectivity index (χ1v) is 7.49. The number of hydrogen-bond donors (Lipinski definition) is 3. The molecule has 1 amide bonds. The first kappa shape index (κ1) is 13.9. The zero-order valence-corrected chi connectivity index (χ0v) is 12.1. The number of H-pyrrole nitrogens is 1. The lowest BCUT2D eigenvalue weighted by molar-refractivity contribution is 0.0898. The standard InChI is InChI=1S/C17H21N3O/c18-12-17(10-4-5-11-17)20-16(21)15-9-8-14(19-15)13-6-2-1-3-7-13/h1-3,6-9,19H,4-5,10-12,18H2,(H,20,21). The summed E-state index contributed by atoms with van der Waals surface area (Å²) >= 11 is 0. The van der Waals surface area contributed by atoms with Crippen LogP contribution in [0.5, 0.6) is 0 Å². The van der Waals surface area contributed by atoms with Gasteiger partial charge in [-0.1, -0.05) is 43.2 Å². The van der Waals surface area contributed by atoms with Crippen molar-refractivity contribution in [2.24, 2.45) is 5.73 Å². The second kappa shape index (κ2) is 5.74. The van der Waals surface area contributed by atoms with Gasteiger partial charge < -0.3 is 16.0 Å². The van der Waals surface area contributed by atoms with E-state index in [1.807, 2.05) is 42.5 Å². The predicted octanol–water partition coefficient (Wildman–Crippen LogP) is 2.68. The molecule has 21 heavy (non-hydrogen) atoms. The molecule has 1 fully saturated rings. The van der Waals surface area contributed by atoms with Crippen LogP contribution < -0.4 is 11.1 Å². The number of nitrogens with one attached hydrogen (secondary N) is 2.